The van der Waals surface area contributed by atoms with Crippen molar-refractivity contribution < 1.29 is 14.7 Å². The van der Waals surface area contributed by atoms with Gasteiger partial charge in [0, 0.05) is 0 Å². The molecule has 3 N–H and O–H groups in total. The zero-order valence-electron chi connectivity index (χ0n) is 6.54. The van der Waals surface area contributed by atoms with E-state index < -0.39 is 5.97 Å². The maximum absolute atomic E-state index is 10.6. The highest BCUT2D eigenvalue weighted by Crippen LogP contribution is 2.17. The maximum Gasteiger partial charge on any atom is 0.339 e. The van der Waals surface area contributed by atoms with E-state index in [-0.39, 0.29) is 11.3 Å². The van der Waals surface area contributed by atoms with Crippen LogP contribution in [0.3, 0.4) is 0 Å². The molecule has 0 atom stereocenters. The van der Waals surface area contributed by atoms with Gasteiger partial charge < -0.3 is 15.8 Å². The topological polar surface area (TPSA) is 97.3 Å². The Kier molecular flexibility index (Phi) is 2.80. The summed E-state index contributed by atoms with van der Waals surface area (Å²) < 4.78 is 0. The summed E-state index contributed by atoms with van der Waals surface area (Å²) in [7, 11) is 0. The van der Waals surface area contributed by atoms with Gasteiger partial charge >= 0.3 is 5.97 Å². The van der Waals surface area contributed by atoms with Crippen molar-refractivity contribution in [2.75, 3.05) is 0 Å². The molecule has 0 saturated heterocycles. The average Bonchev–Trinajstić information content (AvgIpc) is 2.15. The van der Waals surface area contributed by atoms with Crippen LogP contribution < -0.4 is 10.7 Å². The van der Waals surface area contributed by atoms with Gasteiger partial charge in [-0.05, 0) is 17.4 Å². The maximum atomic E-state index is 10.6. The Morgan fingerprint density at radius 2 is 2.15 bits per heavy atom. The first kappa shape index (κ1) is 8.98. The number of hydrogen-bond acceptors (Lipinski definition) is 4. The smallest absolute Gasteiger partial charge is 0.339 e. The number of carboxylic acid groups (broad SMARTS) is 1. The largest absolute Gasteiger partial charge is 0.478 e. The van der Waals surface area contributed by atoms with Crippen LogP contribution in [0.25, 0.3) is 0 Å². The van der Waals surface area contributed by atoms with Crippen molar-refractivity contribution in [3.05, 3.63) is 29.8 Å². The van der Waals surface area contributed by atoms with Gasteiger partial charge in [0.05, 0.1) is 5.28 Å². The molecule has 0 aliphatic carbocycles. The van der Waals surface area contributed by atoms with E-state index in [0.29, 0.717) is 0 Å². The monoisotopic (exact) mass is 181 g/mol. The van der Waals surface area contributed by atoms with Crippen molar-refractivity contribution in [3.63, 3.8) is 0 Å². The van der Waals surface area contributed by atoms with Gasteiger partial charge in [0.1, 0.15) is 5.56 Å². The molecule has 0 bridgehead atoms. The Balaban J connectivity index is 2.97. The molecule has 6 heteroatoms. The zero-order chi connectivity index (χ0) is 9.68. The third-order valence-electron chi connectivity index (χ3n) is 1.30. The van der Waals surface area contributed by atoms with Crippen LogP contribution in [-0.4, -0.2) is 11.1 Å². The molecule has 1 aromatic rings. The predicted octanol–water partition coefficient (Wildman–Crippen LogP) is 1.00. The zero-order valence-corrected chi connectivity index (χ0v) is 6.54. The number of carbonyl (C=O) groups is 1. The molecule has 0 fully saturated rings. The van der Waals surface area contributed by atoms with E-state index >= 15 is 0 Å². The van der Waals surface area contributed by atoms with Gasteiger partial charge in [-0.1, -0.05) is 12.1 Å². The number of benzene rings is 1. The second-order valence-electron chi connectivity index (χ2n) is 2.09. The van der Waals surface area contributed by atoms with E-state index in [1.807, 2.05) is 0 Å². The molecule has 0 radical (unpaired) electrons. The molecule has 6 nitrogen and oxygen atoms in total. The van der Waals surface area contributed by atoms with Gasteiger partial charge in [0.25, 0.3) is 0 Å². The summed E-state index contributed by atoms with van der Waals surface area (Å²) in [4.78, 5) is 15.2. The first-order valence-corrected chi connectivity index (χ1v) is 3.35. The number of nitrogens with two attached hydrogens (primary N) is 1. The number of aromatic carboxylic acids is 1. The van der Waals surface area contributed by atoms with Crippen molar-refractivity contribution in [1.29, 1.82) is 0 Å². The van der Waals surface area contributed by atoms with Crippen molar-refractivity contribution in [2.24, 2.45) is 16.3 Å². The van der Waals surface area contributed by atoms with Crippen molar-refractivity contribution in [2.45, 2.75) is 0 Å². The SMILES string of the molecule is NN=NOc1ccccc1C(=O)O. The summed E-state index contributed by atoms with van der Waals surface area (Å²) in [6.45, 7) is 0. The van der Waals surface area contributed by atoms with E-state index in [1.54, 1.807) is 12.1 Å². The Morgan fingerprint density at radius 3 is 2.77 bits per heavy atom. The molecule has 68 valence electrons. The number of hydrogen-bond donors (Lipinski definition) is 2. The van der Waals surface area contributed by atoms with Gasteiger partial charge in [-0.2, -0.15) is 0 Å². The Morgan fingerprint density at radius 1 is 1.46 bits per heavy atom. The summed E-state index contributed by atoms with van der Waals surface area (Å²) >= 11 is 0. The Hall–Kier alpha value is -2.11. The minimum Gasteiger partial charge on any atom is -0.478 e. The van der Waals surface area contributed by atoms with Crippen molar-refractivity contribution in [1.82, 2.24) is 0 Å². The van der Waals surface area contributed by atoms with Crippen molar-refractivity contribution >= 4 is 5.97 Å². The van der Waals surface area contributed by atoms with E-state index in [1.165, 1.54) is 12.1 Å². The fraction of sp³-hybridized carbons (Fsp3) is 0. The van der Waals surface area contributed by atoms with Crippen LogP contribution in [0.2, 0.25) is 0 Å². The molecule has 0 amide bonds. The molecular formula is C7H7N3O3. The highest BCUT2D eigenvalue weighted by molar-refractivity contribution is 5.90. The molecular weight excluding hydrogens is 174 g/mol. The highest BCUT2D eigenvalue weighted by Gasteiger charge is 2.09. The molecule has 0 heterocycles. The van der Waals surface area contributed by atoms with Crippen LogP contribution in [0.15, 0.2) is 34.8 Å². The molecule has 13 heavy (non-hydrogen) atoms. The van der Waals surface area contributed by atoms with Gasteiger partial charge in [0.2, 0.25) is 0 Å². The fourth-order valence-electron chi connectivity index (χ4n) is 0.790. The minimum absolute atomic E-state index is 0.00917. The molecule has 0 aliphatic heterocycles. The van der Waals surface area contributed by atoms with E-state index in [0.717, 1.165) is 0 Å². The van der Waals surface area contributed by atoms with Crippen LogP contribution in [0.1, 0.15) is 10.4 Å². The number of para-hydroxylation sites is 1. The van der Waals surface area contributed by atoms with Crippen LogP contribution in [0.5, 0.6) is 5.75 Å². The molecule has 1 rings (SSSR count). The molecule has 1 aromatic carbocycles. The van der Waals surface area contributed by atoms with Gasteiger partial charge in [-0.25, -0.2) is 4.79 Å². The third-order valence-corrected chi connectivity index (χ3v) is 1.30. The van der Waals surface area contributed by atoms with Gasteiger partial charge in [-0.3, -0.25) is 0 Å². The molecule has 0 aliphatic rings. The lowest BCUT2D eigenvalue weighted by molar-refractivity contribution is 0.0692. The lowest BCUT2D eigenvalue weighted by Crippen LogP contribution is -1.99. The summed E-state index contributed by atoms with van der Waals surface area (Å²) in [6, 6.07) is 6.05. The summed E-state index contributed by atoms with van der Waals surface area (Å²) in [5.41, 5.74) is 0.00917. The standard InChI is InChI=1S/C7H7N3O3/c8-9-10-13-6-4-2-1-3-5(6)7(11)12/h1-4H,(H2,8,10)(H,11,12). The van der Waals surface area contributed by atoms with Gasteiger partial charge in [0.15, 0.2) is 5.75 Å². The number of carboxylic acids is 1. The van der Waals surface area contributed by atoms with Crippen LogP contribution in [0, 0.1) is 0 Å². The van der Waals surface area contributed by atoms with Crippen LogP contribution in [-0.2, 0) is 0 Å². The van der Waals surface area contributed by atoms with Crippen LogP contribution in [0.4, 0.5) is 0 Å². The highest BCUT2D eigenvalue weighted by atomic mass is 16.6. The number of nitrogens with zero attached hydrogens (tertiary/aromatic N) is 2. The van der Waals surface area contributed by atoms with Crippen LogP contribution >= 0.6 is 0 Å². The first-order chi connectivity index (χ1) is 6.25. The normalized spacial score (nSPS) is 10.2. The number of rotatable bonds is 3. The first-order valence-electron chi connectivity index (χ1n) is 3.35. The predicted molar refractivity (Wildman–Crippen MR) is 43.1 cm³/mol. The van der Waals surface area contributed by atoms with Gasteiger partial charge in [-0.15, -0.1) is 0 Å². The minimum atomic E-state index is -1.09. The van der Waals surface area contributed by atoms with E-state index in [9.17, 15) is 4.79 Å². The summed E-state index contributed by atoms with van der Waals surface area (Å²) in [5, 5.41) is 14.5. The second-order valence-corrected chi connectivity index (χ2v) is 2.09. The summed E-state index contributed by atoms with van der Waals surface area (Å²) in [5.74, 6) is 3.69. The molecule has 0 spiro atoms. The lowest BCUT2D eigenvalue weighted by Gasteiger charge is -1.99. The Bertz CT molecular complexity index is 338. The third kappa shape index (κ3) is 2.16. The van der Waals surface area contributed by atoms with Crippen molar-refractivity contribution in [3.8, 4) is 5.75 Å². The fourth-order valence-corrected chi connectivity index (χ4v) is 0.790. The van der Waals surface area contributed by atoms with E-state index in [2.05, 4.69) is 21.2 Å². The average molecular weight is 181 g/mol. The second kappa shape index (κ2) is 4.05. The molecule has 0 saturated carbocycles. The quantitative estimate of drug-likeness (QED) is 0.413. The Labute approximate surface area is 73.6 Å². The molecule has 0 aromatic heterocycles. The molecule has 0 unspecified atom stereocenters. The summed E-state index contributed by atoms with van der Waals surface area (Å²) in [6.07, 6.45) is 0. The lowest BCUT2D eigenvalue weighted by atomic mass is 10.2. The van der Waals surface area contributed by atoms with E-state index in [4.69, 9.17) is 5.11 Å².